The number of carboxylic acid groups (broad SMARTS) is 1. The lowest BCUT2D eigenvalue weighted by atomic mass is 10.0. The smallest absolute Gasteiger partial charge is 0.335 e. The first-order valence-corrected chi connectivity index (χ1v) is 8.39. The van der Waals surface area contributed by atoms with E-state index in [-0.39, 0.29) is 5.56 Å². The van der Waals surface area contributed by atoms with Crippen molar-refractivity contribution in [3.05, 3.63) is 83.8 Å². The maximum Gasteiger partial charge on any atom is 0.335 e. The fraction of sp³-hybridized carbons (Fsp3) is 0.0476. The van der Waals surface area contributed by atoms with Crippen molar-refractivity contribution in [2.24, 2.45) is 0 Å². The summed E-state index contributed by atoms with van der Waals surface area (Å²) in [6.07, 6.45) is 3.94. The zero-order valence-corrected chi connectivity index (χ0v) is 14.3. The minimum Gasteiger partial charge on any atom is -0.478 e. The Hall–Kier alpha value is -3.80. The van der Waals surface area contributed by atoms with Crippen LogP contribution in [0.15, 0.2) is 67.0 Å². The summed E-state index contributed by atoms with van der Waals surface area (Å²) in [6.45, 7) is 0. The molecule has 0 amide bonds. The van der Waals surface area contributed by atoms with Gasteiger partial charge in [-0.3, -0.25) is 4.98 Å². The summed E-state index contributed by atoms with van der Waals surface area (Å²) in [6, 6.07) is 16.1. The minimum absolute atomic E-state index is 0.252. The van der Waals surface area contributed by atoms with Crippen LogP contribution >= 0.6 is 0 Å². The molecule has 132 valence electrons. The molecule has 0 aliphatic rings. The highest BCUT2D eigenvalue weighted by atomic mass is 16.4. The number of hydrogen-bond acceptors (Lipinski definition) is 5. The normalized spacial score (nSPS) is 10.8. The molecule has 0 saturated heterocycles. The van der Waals surface area contributed by atoms with Crippen LogP contribution in [0.1, 0.15) is 21.6 Å². The summed E-state index contributed by atoms with van der Waals surface area (Å²) in [4.78, 5) is 24.6. The van der Waals surface area contributed by atoms with Gasteiger partial charge in [0.2, 0.25) is 0 Å². The van der Waals surface area contributed by atoms with Crippen molar-refractivity contribution in [2.75, 3.05) is 5.73 Å². The van der Waals surface area contributed by atoms with Gasteiger partial charge in [-0.05, 0) is 42.0 Å². The molecule has 6 nitrogen and oxygen atoms in total. The summed E-state index contributed by atoms with van der Waals surface area (Å²) < 4.78 is 0. The van der Waals surface area contributed by atoms with E-state index in [0.29, 0.717) is 17.9 Å². The second-order valence-electron chi connectivity index (χ2n) is 6.16. The average molecular weight is 356 g/mol. The highest BCUT2D eigenvalue weighted by molar-refractivity contribution is 5.93. The fourth-order valence-corrected chi connectivity index (χ4v) is 3.00. The van der Waals surface area contributed by atoms with Gasteiger partial charge in [0.15, 0.2) is 5.82 Å². The maximum atomic E-state index is 11.0. The largest absolute Gasteiger partial charge is 0.478 e. The molecule has 0 aliphatic heterocycles. The van der Waals surface area contributed by atoms with E-state index in [2.05, 4.69) is 9.97 Å². The van der Waals surface area contributed by atoms with Crippen LogP contribution in [0, 0.1) is 0 Å². The summed E-state index contributed by atoms with van der Waals surface area (Å²) in [5, 5.41) is 9.88. The lowest BCUT2D eigenvalue weighted by molar-refractivity contribution is 0.0697. The molecule has 0 radical (unpaired) electrons. The Morgan fingerprint density at radius 1 is 1.00 bits per heavy atom. The number of aromatic carboxylic acids is 1. The number of nitrogen functional groups attached to an aromatic ring is 1. The lowest BCUT2D eigenvalue weighted by Gasteiger charge is -2.11. The van der Waals surface area contributed by atoms with E-state index in [4.69, 9.17) is 15.8 Å². The van der Waals surface area contributed by atoms with Crippen LogP contribution in [-0.2, 0) is 6.42 Å². The molecule has 2 aromatic heterocycles. The number of carbonyl (C=O) groups is 1. The number of carboxylic acids is 1. The Morgan fingerprint density at radius 3 is 2.52 bits per heavy atom. The predicted octanol–water partition coefficient (Wildman–Crippen LogP) is 3.56. The molecular formula is C21H16N4O2. The first-order valence-electron chi connectivity index (χ1n) is 8.39. The number of pyridine rings is 1. The number of nitrogens with zero attached hydrogens (tertiary/aromatic N) is 3. The highest BCUT2D eigenvalue weighted by Crippen LogP contribution is 2.27. The molecule has 27 heavy (non-hydrogen) atoms. The molecule has 6 heteroatoms. The number of rotatable bonds is 4. The lowest BCUT2D eigenvalue weighted by Crippen LogP contribution is -2.02. The third-order valence-corrected chi connectivity index (χ3v) is 4.32. The van der Waals surface area contributed by atoms with Gasteiger partial charge in [-0.25, -0.2) is 14.8 Å². The van der Waals surface area contributed by atoms with Gasteiger partial charge in [0.25, 0.3) is 0 Å². The summed E-state index contributed by atoms with van der Waals surface area (Å²) in [5.74, 6) is -0.365. The van der Waals surface area contributed by atoms with Gasteiger partial charge < -0.3 is 10.8 Å². The van der Waals surface area contributed by atoms with Crippen LogP contribution in [0.5, 0.6) is 0 Å². The van der Waals surface area contributed by atoms with Crippen LogP contribution in [0.25, 0.3) is 22.3 Å². The quantitative estimate of drug-likeness (QED) is 0.542. The molecule has 0 unspecified atom stereocenters. The number of fused-ring (bicyclic) bond motifs is 1. The van der Waals surface area contributed by atoms with E-state index in [0.717, 1.165) is 27.7 Å². The third kappa shape index (κ3) is 3.32. The van der Waals surface area contributed by atoms with E-state index < -0.39 is 5.97 Å². The van der Waals surface area contributed by atoms with Crippen molar-refractivity contribution in [3.63, 3.8) is 0 Å². The maximum absolute atomic E-state index is 11.0. The van der Waals surface area contributed by atoms with E-state index in [1.165, 1.54) is 0 Å². The molecule has 0 atom stereocenters. The van der Waals surface area contributed by atoms with E-state index in [9.17, 15) is 4.79 Å². The predicted molar refractivity (Wildman–Crippen MR) is 103 cm³/mol. The van der Waals surface area contributed by atoms with Gasteiger partial charge >= 0.3 is 5.97 Å². The van der Waals surface area contributed by atoms with Crippen molar-refractivity contribution in [2.45, 2.75) is 6.42 Å². The third-order valence-electron chi connectivity index (χ3n) is 4.32. The number of aromatic nitrogens is 3. The summed E-state index contributed by atoms with van der Waals surface area (Å²) in [7, 11) is 0. The molecular weight excluding hydrogens is 340 g/mol. The van der Waals surface area contributed by atoms with Crippen molar-refractivity contribution in [3.8, 4) is 11.4 Å². The minimum atomic E-state index is -0.947. The van der Waals surface area contributed by atoms with Gasteiger partial charge in [-0.2, -0.15) is 0 Å². The standard InChI is InChI=1S/C21H16N4O2/c22-16-4-1-5-17-19(16)18(11-13-6-8-14(9-7-13)21(26)27)25-20(24-17)15-3-2-10-23-12-15/h1-10,12H,11,22H2,(H,26,27). The van der Waals surface area contributed by atoms with Crippen molar-refractivity contribution < 1.29 is 9.90 Å². The van der Waals surface area contributed by atoms with Crippen LogP contribution < -0.4 is 5.73 Å². The van der Waals surface area contributed by atoms with Crippen molar-refractivity contribution in [1.82, 2.24) is 15.0 Å². The van der Waals surface area contributed by atoms with Crippen LogP contribution in [-0.4, -0.2) is 26.0 Å². The Morgan fingerprint density at radius 2 is 1.81 bits per heavy atom. The second kappa shape index (κ2) is 6.84. The number of benzene rings is 2. The summed E-state index contributed by atoms with van der Waals surface area (Å²) in [5.41, 5.74) is 10.4. The van der Waals surface area contributed by atoms with Crippen LogP contribution in [0.4, 0.5) is 5.69 Å². The molecule has 0 aliphatic carbocycles. The Labute approximate surface area is 155 Å². The molecule has 0 fully saturated rings. The van der Waals surface area contributed by atoms with Crippen LogP contribution in [0.3, 0.4) is 0 Å². The first-order chi connectivity index (χ1) is 13.1. The molecule has 4 rings (SSSR count). The molecule has 2 heterocycles. The van der Waals surface area contributed by atoms with Gasteiger partial charge in [-0.1, -0.05) is 18.2 Å². The highest BCUT2D eigenvalue weighted by Gasteiger charge is 2.13. The number of nitrogens with two attached hydrogens (primary N) is 1. The number of anilines is 1. The SMILES string of the molecule is Nc1cccc2nc(-c3cccnc3)nc(Cc3ccc(C(=O)O)cc3)c12. The monoisotopic (exact) mass is 356 g/mol. The average Bonchev–Trinajstić information content (AvgIpc) is 2.69. The van der Waals surface area contributed by atoms with E-state index in [1.807, 2.05) is 30.3 Å². The van der Waals surface area contributed by atoms with Gasteiger partial charge in [-0.15, -0.1) is 0 Å². The zero-order chi connectivity index (χ0) is 18.8. The van der Waals surface area contributed by atoms with E-state index in [1.54, 1.807) is 36.7 Å². The molecule has 3 N–H and O–H groups in total. The van der Waals surface area contributed by atoms with Crippen molar-refractivity contribution in [1.29, 1.82) is 0 Å². The van der Waals surface area contributed by atoms with Crippen molar-refractivity contribution >= 4 is 22.6 Å². The topological polar surface area (TPSA) is 102 Å². The van der Waals surface area contributed by atoms with Crippen LogP contribution in [0.2, 0.25) is 0 Å². The Bertz CT molecular complexity index is 1130. The van der Waals surface area contributed by atoms with Gasteiger partial charge in [0.1, 0.15) is 0 Å². The van der Waals surface area contributed by atoms with Gasteiger partial charge in [0, 0.05) is 35.5 Å². The fourth-order valence-electron chi connectivity index (χ4n) is 3.00. The molecule has 2 aromatic carbocycles. The molecule has 0 saturated carbocycles. The Balaban J connectivity index is 1.83. The summed E-state index contributed by atoms with van der Waals surface area (Å²) >= 11 is 0. The van der Waals surface area contributed by atoms with Gasteiger partial charge in [0.05, 0.1) is 16.8 Å². The first kappa shape index (κ1) is 16.7. The molecule has 4 aromatic rings. The Kier molecular flexibility index (Phi) is 4.22. The molecule has 0 bridgehead atoms. The number of hydrogen-bond donors (Lipinski definition) is 2. The molecule has 0 spiro atoms. The zero-order valence-electron chi connectivity index (χ0n) is 14.3. The van der Waals surface area contributed by atoms with E-state index >= 15 is 0 Å². The second-order valence-corrected chi connectivity index (χ2v) is 6.16.